The number of halogens is 1. The van der Waals surface area contributed by atoms with Crippen molar-refractivity contribution in [3.63, 3.8) is 0 Å². The topological polar surface area (TPSA) is 119 Å². The summed E-state index contributed by atoms with van der Waals surface area (Å²) in [6, 6.07) is 5.87. The van der Waals surface area contributed by atoms with Gasteiger partial charge >= 0.3 is 12.1 Å². The summed E-state index contributed by atoms with van der Waals surface area (Å²) in [4.78, 5) is 32.9. The van der Waals surface area contributed by atoms with Gasteiger partial charge in [-0.05, 0) is 69.9 Å². The zero-order chi connectivity index (χ0) is 24.5. The second-order valence-corrected chi connectivity index (χ2v) is 9.06. The highest BCUT2D eigenvalue weighted by Gasteiger charge is 2.29. The van der Waals surface area contributed by atoms with Gasteiger partial charge in [0.2, 0.25) is 0 Å². The van der Waals surface area contributed by atoms with Crippen LogP contribution in [0.25, 0.3) is 22.8 Å². The Hall–Kier alpha value is -3.82. The predicted octanol–water partition coefficient (Wildman–Crippen LogP) is 3.86. The zero-order valence-electron chi connectivity index (χ0n) is 19.3. The molecule has 0 saturated heterocycles. The van der Waals surface area contributed by atoms with Crippen LogP contribution in [-0.4, -0.2) is 49.1 Å². The van der Waals surface area contributed by atoms with Crippen LogP contribution in [0.5, 0.6) is 0 Å². The minimum atomic E-state index is -1.06. The number of carbonyl (C=O) groups is 2. The highest BCUT2D eigenvalue weighted by atomic mass is 19.1. The second kappa shape index (κ2) is 9.20. The van der Waals surface area contributed by atoms with E-state index in [-0.39, 0.29) is 11.5 Å². The maximum atomic E-state index is 13.3. The summed E-state index contributed by atoms with van der Waals surface area (Å²) < 4.78 is 20.0. The number of amides is 1. The fourth-order valence-electron chi connectivity index (χ4n) is 3.85. The van der Waals surface area contributed by atoms with Crippen LogP contribution in [0.3, 0.4) is 0 Å². The first-order chi connectivity index (χ1) is 16.1. The van der Waals surface area contributed by atoms with Gasteiger partial charge in [-0.1, -0.05) is 0 Å². The molecule has 0 spiro atoms. The Labute approximate surface area is 196 Å². The average Bonchev–Trinajstić information content (AvgIpc) is 3.15. The summed E-state index contributed by atoms with van der Waals surface area (Å²) in [6.07, 6.45) is 2.77. The molecule has 0 saturated carbocycles. The van der Waals surface area contributed by atoms with Gasteiger partial charge in [0.1, 0.15) is 22.8 Å². The number of benzene rings is 1. The summed E-state index contributed by atoms with van der Waals surface area (Å²) in [7, 11) is 0. The maximum absolute atomic E-state index is 13.3. The van der Waals surface area contributed by atoms with Crippen LogP contribution in [-0.2, 0) is 24.1 Å². The Balaban J connectivity index is 1.57. The number of hydrogen-bond acceptors (Lipinski definition) is 6. The third-order valence-corrected chi connectivity index (χ3v) is 5.30. The lowest BCUT2D eigenvalue weighted by Crippen LogP contribution is -2.33. The fraction of sp³-hybridized carbons (Fsp3) is 0.375. The number of rotatable bonds is 6. The summed E-state index contributed by atoms with van der Waals surface area (Å²) in [5.74, 6) is -1.00. The Bertz CT molecular complexity index is 1230. The highest BCUT2D eigenvalue weighted by molar-refractivity contribution is 5.90. The number of aromatic nitrogens is 4. The van der Waals surface area contributed by atoms with Crippen LogP contribution in [0.4, 0.5) is 9.18 Å². The predicted molar refractivity (Wildman–Crippen MR) is 122 cm³/mol. The van der Waals surface area contributed by atoms with E-state index < -0.39 is 17.7 Å². The van der Waals surface area contributed by atoms with Gasteiger partial charge < -0.3 is 15.2 Å². The van der Waals surface area contributed by atoms with Crippen molar-refractivity contribution in [2.24, 2.45) is 0 Å². The fourth-order valence-corrected chi connectivity index (χ4v) is 3.85. The van der Waals surface area contributed by atoms with Crippen molar-refractivity contribution < 1.29 is 23.8 Å². The van der Waals surface area contributed by atoms with Crippen molar-refractivity contribution in [1.82, 2.24) is 25.1 Å². The van der Waals surface area contributed by atoms with E-state index in [1.165, 1.54) is 16.8 Å². The van der Waals surface area contributed by atoms with Crippen LogP contribution in [0.2, 0.25) is 0 Å². The molecule has 2 N–H and O–H groups in total. The smallest absolute Gasteiger partial charge is 0.407 e. The molecule has 10 heteroatoms. The number of nitrogens with zero attached hydrogens (tertiary/aromatic N) is 4. The number of hydrogen-bond donors (Lipinski definition) is 2. The van der Waals surface area contributed by atoms with Crippen molar-refractivity contribution in [2.45, 2.75) is 52.2 Å². The normalized spacial score (nSPS) is 12.6. The highest BCUT2D eigenvalue weighted by Crippen LogP contribution is 2.34. The molecule has 0 atom stereocenters. The number of carboxylic acid groups (broad SMARTS) is 1. The van der Waals surface area contributed by atoms with Gasteiger partial charge in [0.15, 0.2) is 5.82 Å². The molecule has 0 aliphatic heterocycles. The van der Waals surface area contributed by atoms with Crippen LogP contribution in [0.15, 0.2) is 30.5 Å². The molecule has 9 nitrogen and oxygen atoms in total. The molecule has 3 aromatic rings. The molecule has 1 aliphatic carbocycles. The van der Waals surface area contributed by atoms with Gasteiger partial charge in [0.05, 0.1) is 5.69 Å². The van der Waals surface area contributed by atoms with Crippen molar-refractivity contribution in [2.75, 3.05) is 6.54 Å². The van der Waals surface area contributed by atoms with Crippen molar-refractivity contribution in [3.8, 4) is 22.8 Å². The first kappa shape index (κ1) is 23.3. The van der Waals surface area contributed by atoms with E-state index in [0.29, 0.717) is 60.7 Å². The minimum Gasteiger partial charge on any atom is -0.477 e. The first-order valence-corrected chi connectivity index (χ1v) is 11.0. The van der Waals surface area contributed by atoms with Gasteiger partial charge in [-0.15, -0.1) is 0 Å². The Morgan fingerprint density at radius 1 is 1.18 bits per heavy atom. The summed E-state index contributed by atoms with van der Waals surface area (Å²) in [5, 5.41) is 17.1. The number of carbonyl (C=O) groups excluding carboxylic acids is 1. The van der Waals surface area contributed by atoms with E-state index in [1.807, 2.05) is 0 Å². The van der Waals surface area contributed by atoms with Crippen LogP contribution in [0, 0.1) is 5.82 Å². The Morgan fingerprint density at radius 3 is 2.59 bits per heavy atom. The van der Waals surface area contributed by atoms with E-state index in [4.69, 9.17) is 4.74 Å². The molecule has 34 heavy (non-hydrogen) atoms. The Kier molecular flexibility index (Phi) is 6.32. The van der Waals surface area contributed by atoms with Crippen molar-refractivity contribution >= 4 is 12.1 Å². The third-order valence-electron chi connectivity index (χ3n) is 5.30. The largest absolute Gasteiger partial charge is 0.477 e. The lowest BCUT2D eigenvalue weighted by molar-refractivity contribution is 0.0524. The molecule has 1 aromatic carbocycles. The van der Waals surface area contributed by atoms with Crippen molar-refractivity contribution in [3.05, 3.63) is 53.1 Å². The van der Waals surface area contributed by atoms with Gasteiger partial charge in [0, 0.05) is 30.4 Å². The minimum absolute atomic E-state index is 0.125. The molecule has 0 bridgehead atoms. The monoisotopic (exact) mass is 467 g/mol. The number of alkyl carbamates (subject to hydrolysis) is 1. The summed E-state index contributed by atoms with van der Waals surface area (Å²) in [5.41, 5.74) is 2.80. The number of fused-ring (bicyclic) bond motifs is 3. The quantitative estimate of drug-likeness (QED) is 0.528. The SMILES string of the molecule is CC(C)(C)OC(=O)NCCCn1nc2c(c1C(=O)O)CCc1cnc(-c3ccc(F)cc3)nc1-2. The molecule has 1 amide bonds. The van der Waals surface area contributed by atoms with Crippen LogP contribution in [0.1, 0.15) is 48.8 Å². The van der Waals surface area contributed by atoms with E-state index in [2.05, 4.69) is 20.4 Å². The van der Waals surface area contributed by atoms with Crippen LogP contribution < -0.4 is 5.32 Å². The van der Waals surface area contributed by atoms with Gasteiger partial charge in [0.25, 0.3) is 0 Å². The molecule has 2 aromatic heterocycles. The summed E-state index contributed by atoms with van der Waals surface area (Å²) in [6.45, 7) is 5.95. The molecular weight excluding hydrogens is 441 g/mol. The molecule has 2 heterocycles. The molecular formula is C24H26FN5O4. The van der Waals surface area contributed by atoms with Crippen molar-refractivity contribution in [1.29, 1.82) is 0 Å². The maximum Gasteiger partial charge on any atom is 0.407 e. The zero-order valence-corrected chi connectivity index (χ0v) is 19.3. The van der Waals surface area contributed by atoms with E-state index >= 15 is 0 Å². The van der Waals surface area contributed by atoms with E-state index in [1.54, 1.807) is 39.1 Å². The standard InChI is InChI=1S/C24H26FN5O4/c1-24(2,3)34-23(33)26-11-4-12-30-20(22(31)32)17-10-7-15-13-27-21(28-18(15)19(17)29-30)14-5-8-16(25)9-6-14/h5-6,8-9,13H,4,7,10-12H2,1-3H3,(H,26,33)(H,31,32). The molecule has 1 aliphatic rings. The van der Waals surface area contributed by atoms with Crippen LogP contribution >= 0.6 is 0 Å². The van der Waals surface area contributed by atoms with E-state index in [9.17, 15) is 19.1 Å². The first-order valence-electron chi connectivity index (χ1n) is 11.0. The third kappa shape index (κ3) is 5.05. The average molecular weight is 468 g/mol. The molecule has 4 rings (SSSR count). The lowest BCUT2D eigenvalue weighted by Gasteiger charge is -2.19. The van der Waals surface area contributed by atoms with Gasteiger partial charge in [-0.25, -0.2) is 23.9 Å². The van der Waals surface area contributed by atoms with Gasteiger partial charge in [-0.2, -0.15) is 5.10 Å². The summed E-state index contributed by atoms with van der Waals surface area (Å²) >= 11 is 0. The molecule has 0 fully saturated rings. The number of ether oxygens (including phenoxy) is 1. The second-order valence-electron chi connectivity index (χ2n) is 9.06. The molecule has 178 valence electrons. The lowest BCUT2D eigenvalue weighted by atomic mass is 9.93. The van der Waals surface area contributed by atoms with E-state index in [0.717, 1.165) is 5.56 Å². The molecule has 0 unspecified atom stereocenters. The number of aryl methyl sites for hydroxylation is 2. The number of nitrogens with one attached hydrogen (secondary N) is 1. The molecule has 0 radical (unpaired) electrons. The Morgan fingerprint density at radius 2 is 1.91 bits per heavy atom. The van der Waals surface area contributed by atoms with Gasteiger partial charge in [-0.3, -0.25) is 4.68 Å². The number of aromatic carboxylic acids is 1. The number of carboxylic acids is 1.